The summed E-state index contributed by atoms with van der Waals surface area (Å²) >= 11 is 1.49. The number of rotatable bonds is 8. The number of carbonyl (C=O) groups excluding carboxylic acids is 1. The van der Waals surface area contributed by atoms with Crippen LogP contribution in [0.25, 0.3) is 0 Å². The van der Waals surface area contributed by atoms with Crippen molar-refractivity contribution in [2.75, 3.05) is 19.8 Å². The van der Waals surface area contributed by atoms with Gasteiger partial charge in [-0.3, -0.25) is 4.79 Å². The van der Waals surface area contributed by atoms with Gasteiger partial charge in [0.1, 0.15) is 0 Å². The number of amides is 1. The SMILES string of the molecule is C=CC(=O)N(CCOCC1CCCC1)Cc1c(C)nsc1C. The van der Waals surface area contributed by atoms with E-state index in [9.17, 15) is 4.79 Å². The van der Waals surface area contributed by atoms with Crippen LogP contribution in [0.3, 0.4) is 0 Å². The Kier molecular flexibility index (Phi) is 6.58. The van der Waals surface area contributed by atoms with Gasteiger partial charge >= 0.3 is 0 Å². The zero-order valence-corrected chi connectivity index (χ0v) is 14.5. The zero-order chi connectivity index (χ0) is 15.9. The lowest BCUT2D eigenvalue weighted by Crippen LogP contribution is -2.32. The number of carbonyl (C=O) groups is 1. The van der Waals surface area contributed by atoms with Crippen LogP contribution in [0.2, 0.25) is 0 Å². The van der Waals surface area contributed by atoms with Gasteiger partial charge in [-0.25, -0.2) is 0 Å². The monoisotopic (exact) mass is 322 g/mol. The second-order valence-corrected chi connectivity index (χ2v) is 6.97. The first-order valence-electron chi connectivity index (χ1n) is 8.02. The van der Waals surface area contributed by atoms with E-state index in [-0.39, 0.29) is 5.91 Å². The first kappa shape index (κ1) is 17.2. The van der Waals surface area contributed by atoms with Gasteiger partial charge in [0.25, 0.3) is 0 Å². The molecule has 0 atom stereocenters. The first-order valence-corrected chi connectivity index (χ1v) is 8.80. The number of nitrogens with zero attached hydrogens (tertiary/aromatic N) is 2. The third-order valence-corrected chi connectivity index (χ3v) is 5.24. The van der Waals surface area contributed by atoms with Crippen molar-refractivity contribution in [2.24, 2.45) is 5.92 Å². The Morgan fingerprint density at radius 3 is 2.77 bits per heavy atom. The van der Waals surface area contributed by atoms with E-state index in [4.69, 9.17) is 4.74 Å². The molecule has 0 N–H and O–H groups in total. The van der Waals surface area contributed by atoms with E-state index in [0.29, 0.717) is 25.6 Å². The molecule has 0 aromatic carbocycles. The van der Waals surface area contributed by atoms with Crippen molar-refractivity contribution < 1.29 is 9.53 Å². The third-order valence-electron chi connectivity index (χ3n) is 4.35. The van der Waals surface area contributed by atoms with Gasteiger partial charge in [0.15, 0.2) is 0 Å². The van der Waals surface area contributed by atoms with Gasteiger partial charge in [0.2, 0.25) is 5.91 Å². The number of aromatic nitrogens is 1. The van der Waals surface area contributed by atoms with Crippen LogP contribution in [-0.2, 0) is 16.1 Å². The fourth-order valence-corrected chi connectivity index (χ4v) is 3.62. The lowest BCUT2D eigenvalue weighted by atomic mass is 10.1. The largest absolute Gasteiger partial charge is 0.379 e. The molecular formula is C17H26N2O2S. The van der Waals surface area contributed by atoms with Gasteiger partial charge in [-0.15, -0.1) is 0 Å². The van der Waals surface area contributed by atoms with Crippen LogP contribution in [0.1, 0.15) is 41.8 Å². The topological polar surface area (TPSA) is 42.4 Å². The summed E-state index contributed by atoms with van der Waals surface area (Å²) in [5, 5.41) is 0. The summed E-state index contributed by atoms with van der Waals surface area (Å²) in [4.78, 5) is 15.0. The molecular weight excluding hydrogens is 296 g/mol. The Hall–Kier alpha value is -1.20. The summed E-state index contributed by atoms with van der Waals surface area (Å²) < 4.78 is 10.1. The first-order chi connectivity index (χ1) is 10.6. The lowest BCUT2D eigenvalue weighted by Gasteiger charge is -2.22. The second-order valence-electron chi connectivity index (χ2n) is 5.99. The smallest absolute Gasteiger partial charge is 0.246 e. The molecule has 1 amide bonds. The molecule has 0 saturated heterocycles. The standard InChI is InChI=1S/C17H26N2O2S/c1-4-17(20)19(11-16-13(2)18-22-14(16)3)9-10-21-12-15-7-5-6-8-15/h4,15H,1,5-12H2,2-3H3. The molecule has 2 rings (SSSR count). The molecule has 1 heterocycles. The summed E-state index contributed by atoms with van der Waals surface area (Å²) in [6.45, 7) is 10.3. The molecule has 1 aromatic heterocycles. The lowest BCUT2D eigenvalue weighted by molar-refractivity contribution is -0.127. The van der Waals surface area contributed by atoms with Crippen molar-refractivity contribution in [3.63, 3.8) is 0 Å². The molecule has 5 heteroatoms. The molecule has 1 saturated carbocycles. The quantitative estimate of drug-likeness (QED) is 0.543. The Balaban J connectivity index is 1.83. The zero-order valence-electron chi connectivity index (χ0n) is 13.6. The molecule has 0 bridgehead atoms. The molecule has 1 aliphatic carbocycles. The van der Waals surface area contributed by atoms with Crippen LogP contribution in [0.4, 0.5) is 0 Å². The van der Waals surface area contributed by atoms with E-state index in [0.717, 1.165) is 17.9 Å². The molecule has 0 unspecified atom stereocenters. The molecule has 0 aliphatic heterocycles. The molecule has 1 fully saturated rings. The molecule has 1 aliphatic rings. The van der Waals surface area contributed by atoms with E-state index in [2.05, 4.69) is 11.0 Å². The van der Waals surface area contributed by atoms with Crippen molar-refractivity contribution in [1.29, 1.82) is 0 Å². The Bertz CT molecular complexity index is 487. The van der Waals surface area contributed by atoms with Gasteiger partial charge in [0, 0.05) is 30.1 Å². The summed E-state index contributed by atoms with van der Waals surface area (Å²) in [6, 6.07) is 0. The highest BCUT2D eigenvalue weighted by Gasteiger charge is 2.17. The van der Waals surface area contributed by atoms with Crippen molar-refractivity contribution in [3.8, 4) is 0 Å². The van der Waals surface area contributed by atoms with Crippen molar-refractivity contribution >= 4 is 17.4 Å². The maximum absolute atomic E-state index is 12.0. The van der Waals surface area contributed by atoms with Crippen LogP contribution >= 0.6 is 11.5 Å². The van der Waals surface area contributed by atoms with E-state index < -0.39 is 0 Å². The van der Waals surface area contributed by atoms with Crippen molar-refractivity contribution in [2.45, 2.75) is 46.1 Å². The number of hydrogen-bond donors (Lipinski definition) is 0. The highest BCUT2D eigenvalue weighted by Crippen LogP contribution is 2.24. The Labute approximate surface area is 137 Å². The fourth-order valence-electron chi connectivity index (χ4n) is 2.92. The molecule has 0 spiro atoms. The highest BCUT2D eigenvalue weighted by molar-refractivity contribution is 7.05. The predicted molar refractivity (Wildman–Crippen MR) is 90.0 cm³/mol. The summed E-state index contributed by atoms with van der Waals surface area (Å²) in [5.41, 5.74) is 2.16. The number of ether oxygens (including phenoxy) is 1. The van der Waals surface area contributed by atoms with Gasteiger partial charge in [-0.05, 0) is 50.2 Å². The summed E-state index contributed by atoms with van der Waals surface area (Å²) in [6.07, 6.45) is 6.61. The maximum atomic E-state index is 12.0. The molecule has 4 nitrogen and oxygen atoms in total. The molecule has 122 valence electrons. The Morgan fingerprint density at radius 2 is 2.18 bits per heavy atom. The normalized spacial score (nSPS) is 15.2. The van der Waals surface area contributed by atoms with E-state index >= 15 is 0 Å². The van der Waals surface area contributed by atoms with E-state index in [1.807, 2.05) is 13.8 Å². The van der Waals surface area contributed by atoms with Crippen LogP contribution in [0.15, 0.2) is 12.7 Å². The van der Waals surface area contributed by atoms with Gasteiger partial charge < -0.3 is 9.64 Å². The minimum atomic E-state index is -0.0468. The minimum absolute atomic E-state index is 0.0468. The van der Waals surface area contributed by atoms with Crippen molar-refractivity contribution in [3.05, 3.63) is 28.8 Å². The van der Waals surface area contributed by atoms with Gasteiger partial charge in [0.05, 0.1) is 12.3 Å². The number of aryl methyl sites for hydroxylation is 2. The minimum Gasteiger partial charge on any atom is -0.379 e. The molecule has 0 radical (unpaired) electrons. The van der Waals surface area contributed by atoms with Gasteiger partial charge in [-0.2, -0.15) is 4.37 Å². The third kappa shape index (κ3) is 4.65. The second kappa shape index (κ2) is 8.44. The van der Waals surface area contributed by atoms with Crippen LogP contribution in [-0.4, -0.2) is 34.9 Å². The summed E-state index contributed by atoms with van der Waals surface area (Å²) in [5.74, 6) is 0.670. The highest BCUT2D eigenvalue weighted by atomic mass is 32.1. The summed E-state index contributed by atoms with van der Waals surface area (Å²) in [7, 11) is 0. The van der Waals surface area contributed by atoms with Crippen molar-refractivity contribution in [1.82, 2.24) is 9.27 Å². The fraction of sp³-hybridized carbons (Fsp3) is 0.647. The van der Waals surface area contributed by atoms with Crippen LogP contribution in [0.5, 0.6) is 0 Å². The number of hydrogen-bond acceptors (Lipinski definition) is 4. The van der Waals surface area contributed by atoms with Gasteiger partial charge in [-0.1, -0.05) is 19.4 Å². The maximum Gasteiger partial charge on any atom is 0.246 e. The average molecular weight is 322 g/mol. The average Bonchev–Trinajstić information content (AvgIpc) is 3.14. The predicted octanol–water partition coefficient (Wildman–Crippen LogP) is 3.48. The molecule has 22 heavy (non-hydrogen) atoms. The van der Waals surface area contributed by atoms with E-state index in [1.165, 1.54) is 48.2 Å². The van der Waals surface area contributed by atoms with Crippen LogP contribution < -0.4 is 0 Å². The van der Waals surface area contributed by atoms with E-state index in [1.54, 1.807) is 4.90 Å². The Morgan fingerprint density at radius 1 is 1.45 bits per heavy atom. The molecule has 1 aromatic rings. The van der Waals surface area contributed by atoms with Crippen LogP contribution in [0, 0.1) is 19.8 Å².